The third kappa shape index (κ3) is 3.91. The van der Waals surface area contributed by atoms with Gasteiger partial charge in [-0.3, -0.25) is 0 Å². The number of rotatable bonds is 4. The molecule has 0 aliphatic carbocycles. The van der Waals surface area contributed by atoms with E-state index in [0.29, 0.717) is 28.8 Å². The minimum Gasteiger partial charge on any atom is -0.421 e. The predicted octanol–water partition coefficient (Wildman–Crippen LogP) is 5.69. The standard InChI is InChI=1S/C18H13BrClFN2O/c1-11-13(3-2-4-15(11)19)9-18-23-22-17(24-18)8-6-12-5-7-14(21)10-16(12)20/h2-8,10H,9H2,1H3/b8-6+. The van der Waals surface area contributed by atoms with Crippen molar-refractivity contribution in [3.8, 4) is 0 Å². The van der Waals surface area contributed by atoms with Gasteiger partial charge in [-0.25, -0.2) is 4.39 Å². The molecular formula is C18H13BrClFN2O. The summed E-state index contributed by atoms with van der Waals surface area (Å²) in [5, 5.41) is 8.38. The van der Waals surface area contributed by atoms with Gasteiger partial charge in [-0.2, -0.15) is 0 Å². The lowest BCUT2D eigenvalue weighted by Gasteiger charge is -2.04. The van der Waals surface area contributed by atoms with E-state index in [4.69, 9.17) is 16.0 Å². The number of hydrogen-bond donors (Lipinski definition) is 0. The highest BCUT2D eigenvalue weighted by Crippen LogP contribution is 2.22. The molecular weight excluding hydrogens is 395 g/mol. The molecule has 6 heteroatoms. The molecule has 2 aromatic carbocycles. The molecule has 0 aliphatic rings. The van der Waals surface area contributed by atoms with Crippen LogP contribution in [0, 0.1) is 12.7 Å². The Morgan fingerprint density at radius 2 is 2.04 bits per heavy atom. The monoisotopic (exact) mass is 406 g/mol. The fourth-order valence-corrected chi connectivity index (χ4v) is 2.85. The molecule has 3 nitrogen and oxygen atoms in total. The van der Waals surface area contributed by atoms with Crippen molar-refractivity contribution >= 4 is 39.7 Å². The van der Waals surface area contributed by atoms with Gasteiger partial charge in [0.2, 0.25) is 11.8 Å². The highest BCUT2D eigenvalue weighted by atomic mass is 79.9. The first kappa shape index (κ1) is 16.9. The van der Waals surface area contributed by atoms with E-state index in [0.717, 1.165) is 15.6 Å². The highest BCUT2D eigenvalue weighted by molar-refractivity contribution is 9.10. The van der Waals surface area contributed by atoms with Crippen LogP contribution in [-0.2, 0) is 6.42 Å². The minimum absolute atomic E-state index is 0.329. The van der Waals surface area contributed by atoms with E-state index in [1.807, 2.05) is 25.1 Å². The van der Waals surface area contributed by atoms with Crippen LogP contribution in [0.25, 0.3) is 12.2 Å². The van der Waals surface area contributed by atoms with Gasteiger partial charge in [0, 0.05) is 10.5 Å². The molecule has 0 bridgehead atoms. The summed E-state index contributed by atoms with van der Waals surface area (Å²) >= 11 is 9.49. The summed E-state index contributed by atoms with van der Waals surface area (Å²) in [7, 11) is 0. The fourth-order valence-electron chi connectivity index (χ4n) is 2.21. The van der Waals surface area contributed by atoms with Gasteiger partial charge in [0.15, 0.2) is 0 Å². The van der Waals surface area contributed by atoms with Crippen LogP contribution in [0.2, 0.25) is 5.02 Å². The predicted molar refractivity (Wildman–Crippen MR) is 96.3 cm³/mol. The zero-order chi connectivity index (χ0) is 17.1. The Morgan fingerprint density at radius 1 is 1.21 bits per heavy atom. The largest absolute Gasteiger partial charge is 0.421 e. The van der Waals surface area contributed by atoms with E-state index < -0.39 is 0 Å². The second-order valence-electron chi connectivity index (χ2n) is 5.23. The normalized spacial score (nSPS) is 11.3. The average molecular weight is 408 g/mol. The molecule has 0 saturated heterocycles. The van der Waals surface area contributed by atoms with Crippen LogP contribution in [-0.4, -0.2) is 10.2 Å². The Hall–Kier alpha value is -1.98. The third-order valence-electron chi connectivity index (χ3n) is 3.57. The van der Waals surface area contributed by atoms with Gasteiger partial charge in [0.1, 0.15) is 5.82 Å². The maximum Gasteiger partial charge on any atom is 0.240 e. The molecule has 122 valence electrons. The third-order valence-corrected chi connectivity index (χ3v) is 4.76. The van der Waals surface area contributed by atoms with Crippen LogP contribution in [0.3, 0.4) is 0 Å². The Kier molecular flexibility index (Phi) is 5.11. The zero-order valence-corrected chi connectivity index (χ0v) is 15.1. The molecule has 0 unspecified atom stereocenters. The minimum atomic E-state index is -0.374. The number of aromatic nitrogens is 2. The van der Waals surface area contributed by atoms with Crippen molar-refractivity contribution in [1.82, 2.24) is 10.2 Å². The Balaban J connectivity index is 1.76. The van der Waals surface area contributed by atoms with E-state index in [2.05, 4.69) is 26.1 Å². The molecule has 1 heterocycles. The molecule has 0 saturated carbocycles. The molecule has 0 radical (unpaired) electrons. The van der Waals surface area contributed by atoms with Crippen molar-refractivity contribution < 1.29 is 8.81 Å². The first-order chi connectivity index (χ1) is 11.5. The van der Waals surface area contributed by atoms with Gasteiger partial charge in [0.05, 0.1) is 11.4 Å². The van der Waals surface area contributed by atoms with Crippen molar-refractivity contribution in [3.05, 3.63) is 80.2 Å². The van der Waals surface area contributed by atoms with Gasteiger partial charge in [-0.15, -0.1) is 10.2 Å². The van der Waals surface area contributed by atoms with Crippen LogP contribution in [0.1, 0.15) is 28.5 Å². The number of hydrogen-bond acceptors (Lipinski definition) is 3. The summed E-state index contributed by atoms with van der Waals surface area (Å²) in [4.78, 5) is 0. The second-order valence-corrected chi connectivity index (χ2v) is 6.50. The lowest BCUT2D eigenvalue weighted by molar-refractivity contribution is 0.496. The van der Waals surface area contributed by atoms with Crippen molar-refractivity contribution in [2.24, 2.45) is 0 Å². The molecule has 0 N–H and O–H groups in total. The summed E-state index contributed by atoms with van der Waals surface area (Å²) in [5.74, 6) is 0.528. The first-order valence-corrected chi connectivity index (χ1v) is 8.39. The lowest BCUT2D eigenvalue weighted by atomic mass is 10.1. The Labute approximate surface area is 152 Å². The average Bonchev–Trinajstić information content (AvgIpc) is 2.99. The molecule has 24 heavy (non-hydrogen) atoms. The first-order valence-electron chi connectivity index (χ1n) is 7.22. The summed E-state index contributed by atoms with van der Waals surface area (Å²) < 4.78 is 19.7. The van der Waals surface area contributed by atoms with E-state index >= 15 is 0 Å². The molecule has 0 spiro atoms. The van der Waals surface area contributed by atoms with Crippen molar-refractivity contribution in [1.29, 1.82) is 0 Å². The number of halogens is 3. The summed E-state index contributed by atoms with van der Waals surface area (Å²) in [5.41, 5.74) is 2.94. The molecule has 1 aromatic heterocycles. The number of nitrogens with zero attached hydrogens (tertiary/aromatic N) is 2. The van der Waals surface area contributed by atoms with Crippen LogP contribution in [0.5, 0.6) is 0 Å². The van der Waals surface area contributed by atoms with Gasteiger partial charge >= 0.3 is 0 Å². The van der Waals surface area contributed by atoms with Crippen molar-refractivity contribution in [2.45, 2.75) is 13.3 Å². The SMILES string of the molecule is Cc1c(Br)cccc1Cc1nnc(/C=C/c2ccc(F)cc2Cl)o1. The fraction of sp³-hybridized carbons (Fsp3) is 0.111. The van der Waals surface area contributed by atoms with Gasteiger partial charge in [-0.05, 0) is 47.9 Å². The van der Waals surface area contributed by atoms with E-state index in [1.54, 1.807) is 18.2 Å². The quantitative estimate of drug-likeness (QED) is 0.557. The molecule has 0 aliphatic heterocycles. The second kappa shape index (κ2) is 7.28. The molecule has 0 fully saturated rings. The Morgan fingerprint density at radius 3 is 2.83 bits per heavy atom. The maximum atomic E-state index is 13.0. The van der Waals surface area contributed by atoms with E-state index in [9.17, 15) is 4.39 Å². The molecule has 0 atom stereocenters. The maximum absolute atomic E-state index is 13.0. The topological polar surface area (TPSA) is 38.9 Å². The van der Waals surface area contributed by atoms with E-state index in [1.165, 1.54) is 12.1 Å². The molecule has 3 aromatic rings. The summed E-state index contributed by atoms with van der Waals surface area (Å²) in [6.45, 7) is 2.03. The highest BCUT2D eigenvalue weighted by Gasteiger charge is 2.08. The molecule has 0 amide bonds. The van der Waals surface area contributed by atoms with Crippen molar-refractivity contribution in [3.63, 3.8) is 0 Å². The smallest absolute Gasteiger partial charge is 0.240 e. The van der Waals surface area contributed by atoms with Crippen LogP contribution < -0.4 is 0 Å². The summed E-state index contributed by atoms with van der Waals surface area (Å²) in [6.07, 6.45) is 3.93. The van der Waals surface area contributed by atoms with Crippen LogP contribution in [0.4, 0.5) is 4.39 Å². The van der Waals surface area contributed by atoms with Gasteiger partial charge < -0.3 is 4.42 Å². The van der Waals surface area contributed by atoms with E-state index in [-0.39, 0.29) is 5.82 Å². The number of benzene rings is 2. The lowest BCUT2D eigenvalue weighted by Crippen LogP contribution is -1.92. The van der Waals surface area contributed by atoms with Gasteiger partial charge in [-0.1, -0.05) is 45.7 Å². The van der Waals surface area contributed by atoms with Gasteiger partial charge in [0.25, 0.3) is 0 Å². The zero-order valence-electron chi connectivity index (χ0n) is 12.8. The van der Waals surface area contributed by atoms with Crippen LogP contribution in [0.15, 0.2) is 45.3 Å². The molecule has 3 rings (SSSR count). The van der Waals surface area contributed by atoms with Crippen LogP contribution >= 0.6 is 27.5 Å². The Bertz CT molecular complexity index is 908. The summed E-state index contributed by atoms with van der Waals surface area (Å²) in [6, 6.07) is 10.2. The van der Waals surface area contributed by atoms with Crippen molar-refractivity contribution in [2.75, 3.05) is 0 Å².